The van der Waals surface area contributed by atoms with Crippen molar-refractivity contribution >= 4 is 0 Å². The molecule has 0 bridgehead atoms. The molecular weight excluding hydrogens is 278 g/mol. The maximum absolute atomic E-state index is 5.61. The summed E-state index contributed by atoms with van der Waals surface area (Å²) in [5.41, 5.74) is 10.4. The summed E-state index contributed by atoms with van der Waals surface area (Å²) < 4.78 is 7.38. The summed E-state index contributed by atoms with van der Waals surface area (Å²) in [6.45, 7) is 7.36. The van der Waals surface area contributed by atoms with E-state index in [1.54, 1.807) is 0 Å². The van der Waals surface area contributed by atoms with Crippen LogP contribution in [0.5, 0.6) is 0 Å². The van der Waals surface area contributed by atoms with E-state index in [4.69, 9.17) is 10.3 Å². The van der Waals surface area contributed by atoms with Gasteiger partial charge in [-0.25, -0.2) is 0 Å². The van der Waals surface area contributed by atoms with Gasteiger partial charge in [-0.15, -0.1) is 0 Å². The van der Waals surface area contributed by atoms with Crippen LogP contribution in [0, 0.1) is 13.8 Å². The number of hydrogen-bond acceptors (Lipinski definition) is 5. The highest BCUT2D eigenvalue weighted by Gasteiger charge is 2.19. The molecule has 0 fully saturated rings. The minimum Gasteiger partial charge on any atom is -0.333 e. The molecule has 0 radical (unpaired) electrons. The lowest BCUT2D eigenvalue weighted by Gasteiger charge is -1.98. The molecule has 3 rings (SSSR count). The highest BCUT2D eigenvalue weighted by molar-refractivity contribution is 5.63. The summed E-state index contributed by atoms with van der Waals surface area (Å²) in [6.07, 6.45) is 0. The Morgan fingerprint density at radius 3 is 2.50 bits per heavy atom. The smallest absolute Gasteiger partial charge is 0.261 e. The molecule has 0 atom stereocenters. The van der Waals surface area contributed by atoms with Gasteiger partial charge in [0.15, 0.2) is 0 Å². The number of nitrogens with zero attached hydrogens (tertiary/aromatic N) is 4. The van der Waals surface area contributed by atoms with Crippen LogP contribution in [0.1, 0.15) is 23.9 Å². The lowest BCUT2D eigenvalue weighted by atomic mass is 10.1. The van der Waals surface area contributed by atoms with E-state index in [1.807, 2.05) is 42.8 Å². The number of rotatable bonds is 4. The van der Waals surface area contributed by atoms with Crippen LogP contribution >= 0.6 is 0 Å². The minimum atomic E-state index is 0.507. The van der Waals surface area contributed by atoms with Crippen molar-refractivity contribution in [3.05, 3.63) is 41.2 Å². The zero-order valence-electron chi connectivity index (χ0n) is 13.0. The molecule has 2 N–H and O–H groups in total. The second-order valence-electron chi connectivity index (χ2n) is 5.19. The first-order chi connectivity index (χ1) is 10.6. The SMILES string of the molecule is CCn1nc(C)c(-c2nc(-c3ccc(CN)cc3)no2)c1C. The molecule has 0 saturated carbocycles. The second kappa shape index (κ2) is 5.73. The summed E-state index contributed by atoms with van der Waals surface area (Å²) in [7, 11) is 0. The first kappa shape index (κ1) is 14.5. The third-order valence-corrected chi connectivity index (χ3v) is 3.77. The highest BCUT2D eigenvalue weighted by Crippen LogP contribution is 2.27. The molecule has 0 aliphatic heterocycles. The lowest BCUT2D eigenvalue weighted by molar-refractivity contribution is 0.432. The normalized spacial score (nSPS) is 11.1. The van der Waals surface area contributed by atoms with Gasteiger partial charge in [-0.05, 0) is 26.3 Å². The molecule has 0 unspecified atom stereocenters. The van der Waals surface area contributed by atoms with Gasteiger partial charge in [-0.2, -0.15) is 10.1 Å². The first-order valence-electron chi connectivity index (χ1n) is 7.31. The van der Waals surface area contributed by atoms with E-state index in [1.165, 1.54) is 0 Å². The third-order valence-electron chi connectivity index (χ3n) is 3.77. The van der Waals surface area contributed by atoms with Gasteiger partial charge in [0.05, 0.1) is 11.3 Å². The number of aromatic nitrogens is 4. The first-order valence-corrected chi connectivity index (χ1v) is 7.31. The van der Waals surface area contributed by atoms with Crippen LogP contribution in [0.25, 0.3) is 22.8 Å². The zero-order chi connectivity index (χ0) is 15.7. The predicted molar refractivity (Wildman–Crippen MR) is 84.0 cm³/mol. The molecule has 0 spiro atoms. The molecule has 0 amide bonds. The monoisotopic (exact) mass is 297 g/mol. The van der Waals surface area contributed by atoms with Crippen molar-refractivity contribution in [2.24, 2.45) is 5.73 Å². The van der Waals surface area contributed by atoms with Gasteiger partial charge in [0, 0.05) is 24.3 Å². The molecule has 3 aromatic rings. The van der Waals surface area contributed by atoms with Crippen LogP contribution in [-0.4, -0.2) is 19.9 Å². The fraction of sp³-hybridized carbons (Fsp3) is 0.312. The number of aryl methyl sites for hydroxylation is 2. The van der Waals surface area contributed by atoms with Crippen molar-refractivity contribution in [2.45, 2.75) is 33.9 Å². The molecular formula is C16H19N5O. The maximum atomic E-state index is 5.61. The average molecular weight is 297 g/mol. The van der Waals surface area contributed by atoms with Crippen molar-refractivity contribution in [1.82, 2.24) is 19.9 Å². The van der Waals surface area contributed by atoms with Crippen LogP contribution in [0.2, 0.25) is 0 Å². The molecule has 2 aromatic heterocycles. The molecule has 6 nitrogen and oxygen atoms in total. The Bertz CT molecular complexity index is 785. The lowest BCUT2D eigenvalue weighted by Crippen LogP contribution is -1.98. The average Bonchev–Trinajstić information content (AvgIpc) is 3.12. The molecule has 0 saturated heterocycles. The maximum Gasteiger partial charge on any atom is 0.261 e. The molecule has 6 heteroatoms. The molecule has 0 aliphatic rings. The summed E-state index contributed by atoms with van der Waals surface area (Å²) in [4.78, 5) is 4.51. The van der Waals surface area contributed by atoms with Crippen LogP contribution in [-0.2, 0) is 13.1 Å². The van der Waals surface area contributed by atoms with Crippen molar-refractivity contribution in [3.63, 3.8) is 0 Å². The Morgan fingerprint density at radius 1 is 1.18 bits per heavy atom. The summed E-state index contributed by atoms with van der Waals surface area (Å²) in [6, 6.07) is 7.84. The van der Waals surface area contributed by atoms with E-state index >= 15 is 0 Å². The van der Waals surface area contributed by atoms with Crippen LogP contribution in [0.4, 0.5) is 0 Å². The van der Waals surface area contributed by atoms with E-state index in [9.17, 15) is 0 Å². The Kier molecular flexibility index (Phi) is 3.77. The largest absolute Gasteiger partial charge is 0.333 e. The van der Waals surface area contributed by atoms with Crippen molar-refractivity contribution in [1.29, 1.82) is 0 Å². The van der Waals surface area contributed by atoms with E-state index in [2.05, 4.69) is 22.2 Å². The Hall–Kier alpha value is -2.47. The third kappa shape index (κ3) is 2.42. The molecule has 0 aliphatic carbocycles. The summed E-state index contributed by atoms with van der Waals surface area (Å²) in [5.74, 6) is 1.08. The minimum absolute atomic E-state index is 0.507. The van der Waals surface area contributed by atoms with E-state index in [0.29, 0.717) is 18.3 Å². The van der Waals surface area contributed by atoms with E-state index in [-0.39, 0.29) is 0 Å². The van der Waals surface area contributed by atoms with Crippen molar-refractivity contribution in [2.75, 3.05) is 0 Å². The van der Waals surface area contributed by atoms with Gasteiger partial charge in [0.25, 0.3) is 5.89 Å². The molecule has 1 aromatic carbocycles. The Labute approximate surface area is 129 Å². The standard InChI is InChI=1S/C16H19N5O/c1-4-21-11(3)14(10(2)19-21)16-18-15(20-22-16)13-7-5-12(9-17)6-8-13/h5-8H,4,9,17H2,1-3H3. The Morgan fingerprint density at radius 2 is 1.91 bits per heavy atom. The van der Waals surface area contributed by atoms with Crippen LogP contribution in [0.15, 0.2) is 28.8 Å². The van der Waals surface area contributed by atoms with Gasteiger partial charge in [0.1, 0.15) is 0 Å². The molecule has 2 heterocycles. The fourth-order valence-electron chi connectivity index (χ4n) is 2.55. The zero-order valence-corrected chi connectivity index (χ0v) is 13.0. The quantitative estimate of drug-likeness (QED) is 0.800. The predicted octanol–water partition coefficient (Wildman–Crippen LogP) is 2.70. The van der Waals surface area contributed by atoms with Crippen molar-refractivity contribution in [3.8, 4) is 22.8 Å². The topological polar surface area (TPSA) is 82.8 Å². The van der Waals surface area contributed by atoms with Gasteiger partial charge in [-0.1, -0.05) is 29.4 Å². The van der Waals surface area contributed by atoms with E-state index in [0.717, 1.165) is 34.6 Å². The van der Waals surface area contributed by atoms with Gasteiger partial charge < -0.3 is 10.3 Å². The number of hydrogen-bond donors (Lipinski definition) is 1. The number of nitrogens with two attached hydrogens (primary N) is 1. The van der Waals surface area contributed by atoms with Gasteiger partial charge in [0.2, 0.25) is 5.82 Å². The van der Waals surface area contributed by atoms with Crippen LogP contribution < -0.4 is 5.73 Å². The molecule has 114 valence electrons. The fourth-order valence-corrected chi connectivity index (χ4v) is 2.55. The van der Waals surface area contributed by atoms with Gasteiger partial charge >= 0.3 is 0 Å². The van der Waals surface area contributed by atoms with Crippen LogP contribution in [0.3, 0.4) is 0 Å². The van der Waals surface area contributed by atoms with Gasteiger partial charge in [-0.3, -0.25) is 4.68 Å². The van der Waals surface area contributed by atoms with Crippen molar-refractivity contribution < 1.29 is 4.52 Å². The second-order valence-corrected chi connectivity index (χ2v) is 5.19. The number of benzene rings is 1. The summed E-state index contributed by atoms with van der Waals surface area (Å²) >= 11 is 0. The molecule has 22 heavy (non-hydrogen) atoms. The Balaban J connectivity index is 1.98. The van der Waals surface area contributed by atoms with E-state index < -0.39 is 0 Å². The summed E-state index contributed by atoms with van der Waals surface area (Å²) in [5, 5.41) is 8.57. The highest BCUT2D eigenvalue weighted by atomic mass is 16.5.